The van der Waals surface area contributed by atoms with Crippen molar-refractivity contribution in [3.63, 3.8) is 0 Å². The van der Waals surface area contributed by atoms with E-state index in [-0.39, 0.29) is 24.7 Å². The normalized spacial score (nSPS) is 18.0. The number of sulfonamides is 1. The van der Waals surface area contributed by atoms with E-state index in [0.29, 0.717) is 35.5 Å². The van der Waals surface area contributed by atoms with Crippen LogP contribution in [0, 0.1) is 5.92 Å². The summed E-state index contributed by atoms with van der Waals surface area (Å²) in [6.45, 7) is 0.314. The third kappa shape index (κ3) is 6.44. The molecule has 2 aromatic carbocycles. The topological polar surface area (TPSA) is 66.5 Å². The van der Waals surface area contributed by atoms with Crippen LogP contribution in [-0.2, 0) is 33.3 Å². The van der Waals surface area contributed by atoms with Gasteiger partial charge >= 0.3 is 6.18 Å². The highest BCUT2D eigenvalue weighted by atomic mass is 35.5. The zero-order valence-corrected chi connectivity index (χ0v) is 18.1. The summed E-state index contributed by atoms with van der Waals surface area (Å²) >= 11 is 5.83. The van der Waals surface area contributed by atoms with Crippen LogP contribution < -0.4 is 5.32 Å². The van der Waals surface area contributed by atoms with Gasteiger partial charge in [-0.1, -0.05) is 35.9 Å². The van der Waals surface area contributed by atoms with Crippen molar-refractivity contribution in [1.82, 2.24) is 9.62 Å². The fourth-order valence-corrected chi connectivity index (χ4v) is 5.22. The predicted octanol–water partition coefficient (Wildman–Crippen LogP) is 4.22. The molecule has 0 spiro atoms. The van der Waals surface area contributed by atoms with Gasteiger partial charge in [0.1, 0.15) is 0 Å². The van der Waals surface area contributed by atoms with Gasteiger partial charge in [-0.05, 0) is 48.2 Å². The molecule has 0 aliphatic carbocycles. The van der Waals surface area contributed by atoms with Crippen molar-refractivity contribution < 1.29 is 26.4 Å². The Morgan fingerprint density at radius 3 is 2.52 bits per heavy atom. The van der Waals surface area contributed by atoms with Crippen molar-refractivity contribution in [2.45, 2.75) is 31.3 Å². The molecule has 1 aliphatic heterocycles. The predicted molar refractivity (Wildman–Crippen MR) is 112 cm³/mol. The average molecular weight is 475 g/mol. The summed E-state index contributed by atoms with van der Waals surface area (Å²) in [5, 5.41) is 3.14. The van der Waals surface area contributed by atoms with Crippen molar-refractivity contribution in [1.29, 1.82) is 0 Å². The van der Waals surface area contributed by atoms with E-state index in [0.717, 1.165) is 12.1 Å². The van der Waals surface area contributed by atoms with Crippen LogP contribution in [0.1, 0.15) is 29.5 Å². The van der Waals surface area contributed by atoms with E-state index in [9.17, 15) is 26.4 Å². The van der Waals surface area contributed by atoms with Crippen LogP contribution >= 0.6 is 11.6 Å². The first kappa shape index (κ1) is 23.6. The number of hydrogen-bond acceptors (Lipinski definition) is 3. The minimum Gasteiger partial charge on any atom is -0.352 e. The summed E-state index contributed by atoms with van der Waals surface area (Å²) < 4.78 is 65.3. The SMILES string of the molecule is O=C(NCc1cccc(C(F)(F)F)c1)C1CCCN(S(=O)(=O)Cc2ccc(Cl)cc2)C1. The highest BCUT2D eigenvalue weighted by molar-refractivity contribution is 7.88. The van der Waals surface area contributed by atoms with Gasteiger partial charge in [0, 0.05) is 24.7 Å². The second kappa shape index (κ2) is 9.58. The fourth-order valence-electron chi connectivity index (χ4n) is 3.48. The van der Waals surface area contributed by atoms with Gasteiger partial charge in [-0.2, -0.15) is 13.2 Å². The first-order chi connectivity index (χ1) is 14.5. The van der Waals surface area contributed by atoms with Crippen LogP contribution in [0.2, 0.25) is 5.02 Å². The summed E-state index contributed by atoms with van der Waals surface area (Å²) in [7, 11) is -3.62. The summed E-state index contributed by atoms with van der Waals surface area (Å²) in [6.07, 6.45) is -3.41. The Kier molecular flexibility index (Phi) is 7.28. The lowest BCUT2D eigenvalue weighted by Crippen LogP contribution is -2.45. The minimum absolute atomic E-state index is 0.0460. The summed E-state index contributed by atoms with van der Waals surface area (Å²) in [5.41, 5.74) is 0.142. The van der Waals surface area contributed by atoms with E-state index >= 15 is 0 Å². The van der Waals surface area contributed by atoms with Crippen molar-refractivity contribution >= 4 is 27.5 Å². The summed E-state index contributed by atoms with van der Waals surface area (Å²) in [5.74, 6) is -1.12. The smallest absolute Gasteiger partial charge is 0.352 e. The molecule has 2 aromatic rings. The van der Waals surface area contributed by atoms with E-state index in [2.05, 4.69) is 5.32 Å². The molecule has 0 aromatic heterocycles. The highest BCUT2D eigenvalue weighted by Crippen LogP contribution is 2.29. The first-order valence-electron chi connectivity index (χ1n) is 9.71. The number of benzene rings is 2. The monoisotopic (exact) mass is 474 g/mol. The number of amides is 1. The zero-order valence-electron chi connectivity index (χ0n) is 16.5. The van der Waals surface area contributed by atoms with Gasteiger partial charge in [-0.3, -0.25) is 4.79 Å². The van der Waals surface area contributed by atoms with Crippen molar-refractivity contribution in [2.24, 2.45) is 5.92 Å². The molecular formula is C21H22ClF3N2O3S. The maximum absolute atomic E-state index is 12.8. The number of piperidine rings is 1. The van der Waals surface area contributed by atoms with Gasteiger partial charge in [-0.25, -0.2) is 12.7 Å². The number of carbonyl (C=O) groups excluding carboxylic acids is 1. The number of nitrogens with one attached hydrogen (secondary N) is 1. The van der Waals surface area contributed by atoms with Crippen molar-refractivity contribution in [3.05, 3.63) is 70.2 Å². The molecule has 1 unspecified atom stereocenters. The second-order valence-corrected chi connectivity index (χ2v) is 9.90. The van der Waals surface area contributed by atoms with Crippen LogP contribution in [0.25, 0.3) is 0 Å². The number of alkyl halides is 3. The standard InChI is InChI=1S/C21H22ClF3N2O3S/c22-19-8-6-15(7-9-19)14-31(29,30)27-10-2-4-17(13-27)20(28)26-12-16-3-1-5-18(11-16)21(23,24)25/h1,3,5-9,11,17H,2,4,10,12-14H2,(H,26,28). The molecule has 168 valence electrons. The summed E-state index contributed by atoms with van der Waals surface area (Å²) in [6, 6.07) is 11.3. The minimum atomic E-state index is -4.46. The quantitative estimate of drug-likeness (QED) is 0.681. The number of rotatable bonds is 6. The Hall–Kier alpha value is -2.10. The largest absolute Gasteiger partial charge is 0.416 e. The van der Waals surface area contributed by atoms with Gasteiger partial charge in [0.05, 0.1) is 17.2 Å². The molecule has 0 radical (unpaired) electrons. The Morgan fingerprint density at radius 2 is 1.84 bits per heavy atom. The molecule has 3 rings (SSSR count). The Balaban J connectivity index is 1.59. The first-order valence-corrected chi connectivity index (χ1v) is 11.7. The van der Waals surface area contributed by atoms with Crippen LogP contribution in [0.4, 0.5) is 13.2 Å². The van der Waals surface area contributed by atoms with Crippen LogP contribution in [-0.4, -0.2) is 31.7 Å². The van der Waals surface area contributed by atoms with Gasteiger partial charge in [0.15, 0.2) is 0 Å². The number of hydrogen-bond donors (Lipinski definition) is 1. The van der Waals surface area contributed by atoms with Crippen LogP contribution in [0.3, 0.4) is 0 Å². The molecule has 1 N–H and O–H groups in total. The molecule has 1 heterocycles. The zero-order chi connectivity index (χ0) is 22.6. The van der Waals surface area contributed by atoms with E-state index in [1.165, 1.54) is 16.4 Å². The van der Waals surface area contributed by atoms with Crippen molar-refractivity contribution in [3.8, 4) is 0 Å². The second-order valence-electron chi connectivity index (χ2n) is 7.50. The molecule has 1 fully saturated rings. The molecule has 1 saturated heterocycles. The van der Waals surface area contributed by atoms with Crippen LogP contribution in [0.15, 0.2) is 48.5 Å². The van der Waals surface area contributed by atoms with Crippen molar-refractivity contribution in [2.75, 3.05) is 13.1 Å². The fraction of sp³-hybridized carbons (Fsp3) is 0.381. The lowest BCUT2D eigenvalue weighted by atomic mass is 9.98. The van der Waals surface area contributed by atoms with Gasteiger partial charge < -0.3 is 5.32 Å². The average Bonchev–Trinajstić information content (AvgIpc) is 2.73. The molecule has 0 saturated carbocycles. The Bertz CT molecular complexity index is 1030. The molecule has 1 amide bonds. The van der Waals surface area contributed by atoms with E-state index in [1.54, 1.807) is 24.3 Å². The van der Waals surface area contributed by atoms with E-state index in [4.69, 9.17) is 11.6 Å². The summed E-state index contributed by atoms with van der Waals surface area (Å²) in [4.78, 5) is 12.6. The van der Waals surface area contributed by atoms with Crippen LogP contribution in [0.5, 0.6) is 0 Å². The molecular weight excluding hydrogens is 453 g/mol. The molecule has 5 nitrogen and oxygen atoms in total. The number of nitrogens with zero attached hydrogens (tertiary/aromatic N) is 1. The van der Waals surface area contributed by atoms with Gasteiger partial charge in [0.25, 0.3) is 0 Å². The highest BCUT2D eigenvalue weighted by Gasteiger charge is 2.33. The lowest BCUT2D eigenvalue weighted by molar-refractivity contribution is -0.137. The molecule has 31 heavy (non-hydrogen) atoms. The molecule has 0 bridgehead atoms. The molecule has 10 heteroatoms. The Labute approximate surface area is 184 Å². The molecule has 1 aliphatic rings. The lowest BCUT2D eigenvalue weighted by Gasteiger charge is -2.31. The third-order valence-corrected chi connectivity index (χ3v) is 7.20. The maximum Gasteiger partial charge on any atom is 0.416 e. The van der Waals surface area contributed by atoms with Gasteiger partial charge in [-0.15, -0.1) is 0 Å². The third-order valence-electron chi connectivity index (χ3n) is 5.13. The number of halogens is 4. The van der Waals surface area contributed by atoms with Gasteiger partial charge in [0.2, 0.25) is 15.9 Å². The van der Waals surface area contributed by atoms with E-state index in [1.807, 2.05) is 0 Å². The number of carbonyl (C=O) groups is 1. The van der Waals surface area contributed by atoms with E-state index < -0.39 is 27.7 Å². The molecule has 1 atom stereocenters. The maximum atomic E-state index is 12.8. The Morgan fingerprint density at radius 1 is 1.13 bits per heavy atom.